The minimum Gasteiger partial charge on any atom is -0.355 e. The average Bonchev–Trinajstić information content (AvgIpc) is 3.06. The Bertz CT molecular complexity index is 445. The molecule has 2 heterocycles. The molecule has 0 spiro atoms. The van der Waals surface area contributed by atoms with E-state index < -0.39 is 23.5 Å². The van der Waals surface area contributed by atoms with Crippen molar-refractivity contribution in [3.05, 3.63) is 0 Å². The molecule has 0 amide bonds. The van der Waals surface area contributed by atoms with Crippen LogP contribution in [0.15, 0.2) is 0 Å². The zero-order valence-corrected chi connectivity index (χ0v) is 15.9. The monoisotopic (exact) mass is 378 g/mol. The summed E-state index contributed by atoms with van der Waals surface area (Å²) >= 11 is 0.371. The second kappa shape index (κ2) is 8.68. The van der Waals surface area contributed by atoms with Crippen LogP contribution in [0.1, 0.15) is 53.4 Å². The summed E-state index contributed by atoms with van der Waals surface area (Å²) in [6, 6.07) is 0. The van der Waals surface area contributed by atoms with Crippen molar-refractivity contribution < 1.29 is 36.9 Å². The van der Waals surface area contributed by atoms with Crippen LogP contribution in [0.25, 0.3) is 0 Å². The summed E-state index contributed by atoms with van der Waals surface area (Å²) in [6.07, 6.45) is 0.964. The van der Waals surface area contributed by atoms with Gasteiger partial charge in [0.15, 0.2) is 11.6 Å². The molecule has 2 aliphatic rings. The Morgan fingerprint density at radius 1 is 0.920 bits per heavy atom. The zero-order chi connectivity index (χ0) is 18.5. The Hall–Kier alpha value is -0.870. The highest BCUT2D eigenvalue weighted by atomic mass is 32.2. The third kappa shape index (κ3) is 6.74. The molecular weight excluding hydrogens is 352 g/mol. The van der Waals surface area contributed by atoms with E-state index in [2.05, 4.69) is 0 Å². The van der Waals surface area contributed by atoms with Gasteiger partial charge in [0, 0.05) is 12.8 Å². The third-order valence-electron chi connectivity index (χ3n) is 3.97. The molecule has 9 heteroatoms. The fraction of sp³-hybridized carbons (Fsp3) is 0.875. The normalized spacial score (nSPS) is 34.9. The Morgan fingerprint density at radius 2 is 1.32 bits per heavy atom. The SMILES string of the molecule is CC1COC(C)(CCC(=O)OSOC(=O)CCC2(C)OCC(C)O2)O1. The van der Waals surface area contributed by atoms with Gasteiger partial charge in [-0.25, -0.2) is 0 Å². The van der Waals surface area contributed by atoms with E-state index in [-0.39, 0.29) is 25.0 Å². The quantitative estimate of drug-likeness (QED) is 0.591. The minimum absolute atomic E-state index is 0.00836. The van der Waals surface area contributed by atoms with Crippen molar-refractivity contribution in [1.29, 1.82) is 0 Å². The molecule has 0 aromatic heterocycles. The van der Waals surface area contributed by atoms with E-state index in [4.69, 9.17) is 27.3 Å². The van der Waals surface area contributed by atoms with Crippen molar-refractivity contribution >= 4 is 24.3 Å². The fourth-order valence-corrected chi connectivity index (χ4v) is 3.02. The summed E-state index contributed by atoms with van der Waals surface area (Å²) in [5.41, 5.74) is 0. The van der Waals surface area contributed by atoms with Crippen molar-refractivity contribution in [2.24, 2.45) is 0 Å². The van der Waals surface area contributed by atoms with Gasteiger partial charge in [-0.2, -0.15) is 0 Å². The summed E-state index contributed by atoms with van der Waals surface area (Å²) in [5.74, 6) is -2.55. The zero-order valence-electron chi connectivity index (χ0n) is 15.1. The van der Waals surface area contributed by atoms with Crippen LogP contribution in [0.5, 0.6) is 0 Å². The molecule has 0 aromatic rings. The number of hydrogen-bond acceptors (Lipinski definition) is 9. The van der Waals surface area contributed by atoms with Crippen molar-refractivity contribution in [3.8, 4) is 0 Å². The molecule has 25 heavy (non-hydrogen) atoms. The largest absolute Gasteiger partial charge is 0.355 e. The van der Waals surface area contributed by atoms with Crippen LogP contribution in [0.4, 0.5) is 0 Å². The van der Waals surface area contributed by atoms with Crippen LogP contribution >= 0.6 is 12.3 Å². The van der Waals surface area contributed by atoms with E-state index >= 15 is 0 Å². The third-order valence-corrected chi connectivity index (χ3v) is 4.48. The van der Waals surface area contributed by atoms with Gasteiger partial charge in [-0.15, -0.1) is 0 Å². The molecule has 0 bridgehead atoms. The highest BCUT2D eigenvalue weighted by molar-refractivity contribution is 7.90. The van der Waals surface area contributed by atoms with E-state index in [1.807, 2.05) is 13.8 Å². The molecule has 2 saturated heterocycles. The Morgan fingerprint density at radius 3 is 1.64 bits per heavy atom. The van der Waals surface area contributed by atoms with Gasteiger partial charge in [0.2, 0.25) is 0 Å². The van der Waals surface area contributed by atoms with Gasteiger partial charge >= 0.3 is 11.9 Å². The topological polar surface area (TPSA) is 89.5 Å². The predicted octanol–water partition coefficient (Wildman–Crippen LogP) is 2.50. The second-order valence-electron chi connectivity index (χ2n) is 6.73. The highest BCUT2D eigenvalue weighted by Gasteiger charge is 2.36. The van der Waals surface area contributed by atoms with Gasteiger partial charge in [-0.05, 0) is 27.7 Å². The first-order valence-electron chi connectivity index (χ1n) is 8.40. The van der Waals surface area contributed by atoms with Crippen LogP contribution in [0.2, 0.25) is 0 Å². The second-order valence-corrected chi connectivity index (χ2v) is 7.19. The summed E-state index contributed by atoms with van der Waals surface area (Å²) < 4.78 is 31.8. The minimum atomic E-state index is -0.770. The van der Waals surface area contributed by atoms with E-state index in [0.717, 1.165) is 0 Å². The Balaban J connectivity index is 1.55. The van der Waals surface area contributed by atoms with E-state index in [0.29, 0.717) is 38.4 Å². The maximum atomic E-state index is 11.7. The first kappa shape index (κ1) is 20.4. The average molecular weight is 378 g/mol. The van der Waals surface area contributed by atoms with Gasteiger partial charge in [-0.3, -0.25) is 9.59 Å². The summed E-state index contributed by atoms with van der Waals surface area (Å²) in [5, 5.41) is 0. The van der Waals surface area contributed by atoms with E-state index in [9.17, 15) is 9.59 Å². The maximum Gasteiger partial charge on any atom is 0.321 e. The van der Waals surface area contributed by atoms with Crippen molar-refractivity contribution in [3.63, 3.8) is 0 Å². The highest BCUT2D eigenvalue weighted by Crippen LogP contribution is 2.29. The lowest BCUT2D eigenvalue weighted by molar-refractivity contribution is -0.164. The van der Waals surface area contributed by atoms with Gasteiger partial charge in [0.05, 0.1) is 38.3 Å². The lowest BCUT2D eigenvalue weighted by atomic mass is 10.2. The Kier molecular flexibility index (Phi) is 7.10. The lowest BCUT2D eigenvalue weighted by Crippen LogP contribution is -2.27. The predicted molar refractivity (Wildman–Crippen MR) is 88.1 cm³/mol. The van der Waals surface area contributed by atoms with Gasteiger partial charge < -0.3 is 27.3 Å². The molecule has 4 atom stereocenters. The standard InChI is InChI=1S/C16H26O8S/c1-11-9-19-15(3,21-11)7-5-13(17)23-25-24-14(18)6-8-16(4)20-10-12(2)22-16/h11-12H,5-10H2,1-4H3. The molecule has 2 rings (SSSR count). The van der Waals surface area contributed by atoms with Gasteiger partial charge in [0.25, 0.3) is 12.3 Å². The van der Waals surface area contributed by atoms with Crippen LogP contribution in [0.3, 0.4) is 0 Å². The summed E-state index contributed by atoms with van der Waals surface area (Å²) in [6.45, 7) is 8.38. The molecule has 0 N–H and O–H groups in total. The number of carbonyl (C=O) groups excluding carboxylic acids is 2. The van der Waals surface area contributed by atoms with Gasteiger partial charge in [0.1, 0.15) is 0 Å². The number of carbonyl (C=O) groups is 2. The van der Waals surface area contributed by atoms with Crippen molar-refractivity contribution in [2.45, 2.75) is 77.2 Å². The molecule has 0 saturated carbocycles. The summed E-state index contributed by atoms with van der Waals surface area (Å²) in [4.78, 5) is 23.3. The number of ether oxygens (including phenoxy) is 4. The number of hydrogen-bond donors (Lipinski definition) is 0. The van der Waals surface area contributed by atoms with Crippen LogP contribution in [-0.2, 0) is 36.9 Å². The molecule has 144 valence electrons. The molecule has 0 radical (unpaired) electrons. The van der Waals surface area contributed by atoms with E-state index in [1.54, 1.807) is 13.8 Å². The molecule has 0 aliphatic carbocycles. The van der Waals surface area contributed by atoms with Crippen LogP contribution in [0, 0.1) is 0 Å². The maximum absolute atomic E-state index is 11.7. The molecule has 8 nitrogen and oxygen atoms in total. The smallest absolute Gasteiger partial charge is 0.321 e. The van der Waals surface area contributed by atoms with Crippen LogP contribution < -0.4 is 0 Å². The van der Waals surface area contributed by atoms with Crippen LogP contribution in [-0.4, -0.2) is 48.9 Å². The first-order chi connectivity index (χ1) is 11.7. The molecule has 2 fully saturated rings. The number of rotatable bonds is 8. The first-order valence-corrected chi connectivity index (χ1v) is 9.07. The summed E-state index contributed by atoms with van der Waals surface area (Å²) in [7, 11) is 0. The van der Waals surface area contributed by atoms with Crippen molar-refractivity contribution in [2.75, 3.05) is 13.2 Å². The Labute approximate surface area is 152 Å². The molecule has 4 unspecified atom stereocenters. The fourth-order valence-electron chi connectivity index (χ4n) is 2.67. The van der Waals surface area contributed by atoms with Gasteiger partial charge in [-0.1, -0.05) is 0 Å². The molecule has 2 aliphatic heterocycles. The lowest BCUT2D eigenvalue weighted by Gasteiger charge is -2.22. The van der Waals surface area contributed by atoms with E-state index in [1.165, 1.54) is 0 Å². The van der Waals surface area contributed by atoms with Crippen molar-refractivity contribution in [1.82, 2.24) is 0 Å². The molecular formula is C16H26O8S. The molecule has 0 aromatic carbocycles.